The van der Waals surface area contributed by atoms with Crippen molar-refractivity contribution >= 4 is 78.5 Å². The third kappa shape index (κ3) is 16.3. The summed E-state index contributed by atoms with van der Waals surface area (Å²) in [6, 6.07) is 1.89. The van der Waals surface area contributed by atoms with Crippen LogP contribution in [0.1, 0.15) is 113 Å². The Labute approximate surface area is 360 Å². The van der Waals surface area contributed by atoms with Gasteiger partial charge in [-0.1, -0.05) is 119 Å². The number of nitrogens with zero attached hydrogens (tertiary/aromatic N) is 1. The van der Waals surface area contributed by atoms with Crippen molar-refractivity contribution < 1.29 is 42.9 Å². The number of alkyl halides is 3. The van der Waals surface area contributed by atoms with Crippen LogP contribution in [0.15, 0.2) is 41.3 Å². The summed E-state index contributed by atoms with van der Waals surface area (Å²) in [5.74, 6) is -3.17. The Hall–Kier alpha value is -2.42. The van der Waals surface area contributed by atoms with Crippen molar-refractivity contribution in [3.05, 3.63) is 52.0 Å². The molecule has 0 aliphatic heterocycles. The molecule has 1 rings (SSSR count). The van der Waals surface area contributed by atoms with Crippen LogP contribution in [-0.2, 0) is 33.8 Å². The molecule has 5 unspecified atom stereocenters. The molecule has 0 aromatic carbocycles. The van der Waals surface area contributed by atoms with E-state index in [9.17, 15) is 19.5 Å². The van der Waals surface area contributed by atoms with Crippen molar-refractivity contribution in [3.8, 4) is 0 Å². The molecular formula is C41H65Cl3N2O9SSi. The van der Waals surface area contributed by atoms with Gasteiger partial charge in [0.15, 0.2) is 13.9 Å². The number of aryl methyl sites for hydroxylation is 1. The topological polar surface area (TPSA) is 150 Å². The van der Waals surface area contributed by atoms with Gasteiger partial charge in [-0.3, -0.25) is 9.59 Å². The third-order valence-corrected chi connectivity index (χ3v) is 16.1. The first-order valence-corrected chi connectivity index (χ1v) is 23.9. The molecule has 0 bridgehead atoms. The molecule has 11 nitrogen and oxygen atoms in total. The number of hydrogen-bond donors (Lipinski definition) is 2. The molecule has 2 N–H and O–H groups in total. The normalized spacial score (nSPS) is 16.2. The quantitative estimate of drug-likeness (QED) is 0.0378. The SMILES string of the molecule is C=C(C)C(CC=C(C)C=CCC(C)C(OC(=O)OCC(Cl)(Cl)Cl)(c1csc(C)n1)C(C)C(=O)C(C)(C)C(CC(=O)O)O[Si](CC)(CC)CC)NC(=O)OC(C)(C)C. The second-order valence-corrected chi connectivity index (χ2v) is 24.6. The summed E-state index contributed by atoms with van der Waals surface area (Å²) in [4.78, 5) is 58.1. The lowest BCUT2D eigenvalue weighted by Crippen LogP contribution is -2.55. The lowest BCUT2D eigenvalue weighted by molar-refractivity contribution is -0.157. The molecule has 0 fully saturated rings. The highest BCUT2D eigenvalue weighted by Gasteiger charge is 2.56. The van der Waals surface area contributed by atoms with E-state index < -0.39 is 77.9 Å². The van der Waals surface area contributed by atoms with Gasteiger partial charge in [-0.15, -0.1) is 11.3 Å². The number of nitrogens with one attached hydrogen (secondary N) is 1. The lowest BCUT2D eigenvalue weighted by Gasteiger charge is -2.45. The average Bonchev–Trinajstić information content (AvgIpc) is 3.54. The summed E-state index contributed by atoms with van der Waals surface area (Å²) in [6.45, 7) is 27.3. The van der Waals surface area contributed by atoms with Crippen LogP contribution in [0, 0.1) is 24.2 Å². The predicted octanol–water partition coefficient (Wildman–Crippen LogP) is 11.7. The van der Waals surface area contributed by atoms with Crippen LogP contribution in [0.25, 0.3) is 0 Å². The molecule has 0 saturated carbocycles. The molecule has 57 heavy (non-hydrogen) atoms. The van der Waals surface area contributed by atoms with Crippen molar-refractivity contribution in [2.75, 3.05) is 6.61 Å². The first-order valence-electron chi connectivity index (χ1n) is 19.4. The second kappa shape index (κ2) is 22.3. The molecule has 0 aliphatic rings. The monoisotopic (exact) mass is 894 g/mol. The molecule has 0 saturated heterocycles. The first kappa shape index (κ1) is 52.6. The van der Waals surface area contributed by atoms with Gasteiger partial charge >= 0.3 is 18.2 Å². The van der Waals surface area contributed by atoms with Crippen LogP contribution in [-0.4, -0.2) is 70.6 Å². The van der Waals surface area contributed by atoms with Gasteiger partial charge in [0, 0.05) is 16.7 Å². The van der Waals surface area contributed by atoms with Gasteiger partial charge in [-0.05, 0) is 72.5 Å². The number of amides is 1. The second-order valence-electron chi connectivity index (χ2n) is 16.3. The maximum absolute atomic E-state index is 15.1. The van der Waals surface area contributed by atoms with E-state index in [0.717, 1.165) is 29.3 Å². The summed E-state index contributed by atoms with van der Waals surface area (Å²) < 4.78 is 21.8. The van der Waals surface area contributed by atoms with Crippen molar-refractivity contribution in [1.29, 1.82) is 0 Å². The zero-order chi connectivity index (χ0) is 44.2. The number of carbonyl (C=O) groups is 4. The number of rotatable bonds is 22. The van der Waals surface area contributed by atoms with Crippen molar-refractivity contribution in [3.63, 3.8) is 0 Å². The first-order chi connectivity index (χ1) is 26.1. The fraction of sp³-hybridized carbons (Fsp3) is 0.683. The molecule has 1 heterocycles. The summed E-state index contributed by atoms with van der Waals surface area (Å²) in [6.07, 6.45) is 3.45. The van der Waals surface area contributed by atoms with Crippen molar-refractivity contribution in [2.24, 2.45) is 17.3 Å². The number of carbonyl (C=O) groups excluding carboxylic acids is 3. The molecule has 0 spiro atoms. The standard InChI is InChI=1S/C41H65Cl3N2O9SSi/c1-15-57(16-2,17-3)55-33(23-34(47)48)39(13,14)35(49)29(8)41(32-24-56-30(9)45-32,54-37(51)52-25-40(42,43)44)28(7)20-18-19-27(6)21-22-31(26(4)5)46-36(50)53-38(10,11)12/h18-19,21,24,28-29,31,33H,4,15-17,20,22-23,25H2,1-3,5-14H3,(H,46,50)(H,47,48). The van der Waals surface area contributed by atoms with Crippen molar-refractivity contribution in [2.45, 2.75) is 155 Å². The Kier molecular flexibility index (Phi) is 20.5. The minimum Gasteiger partial charge on any atom is -0.481 e. The summed E-state index contributed by atoms with van der Waals surface area (Å²) in [5, 5.41) is 15.3. The Morgan fingerprint density at radius 1 is 1.00 bits per heavy atom. The summed E-state index contributed by atoms with van der Waals surface area (Å²) in [7, 11) is -2.40. The number of halogens is 3. The lowest BCUT2D eigenvalue weighted by atomic mass is 9.66. The number of thiazole rings is 1. The third-order valence-electron chi connectivity index (χ3n) is 10.4. The molecule has 16 heteroatoms. The Morgan fingerprint density at radius 2 is 1.58 bits per heavy atom. The number of aliphatic carboxylic acids is 1. The van der Waals surface area contributed by atoms with Gasteiger partial charge in [0.2, 0.25) is 3.79 Å². The van der Waals surface area contributed by atoms with E-state index >= 15 is 4.79 Å². The van der Waals surface area contributed by atoms with Crippen LogP contribution in [0.3, 0.4) is 0 Å². The smallest absolute Gasteiger partial charge is 0.481 e. The van der Waals surface area contributed by atoms with Crippen LogP contribution >= 0.6 is 46.1 Å². The number of carboxylic acid groups (broad SMARTS) is 1. The molecule has 5 atom stereocenters. The van der Waals surface area contributed by atoms with E-state index in [1.54, 1.807) is 53.8 Å². The van der Waals surface area contributed by atoms with Gasteiger partial charge in [-0.25, -0.2) is 14.6 Å². The molecule has 0 radical (unpaired) electrons. The average molecular weight is 896 g/mol. The molecule has 1 aromatic rings. The molecule has 0 aliphatic carbocycles. The Balaban J connectivity index is 3.78. The van der Waals surface area contributed by atoms with Crippen LogP contribution < -0.4 is 5.32 Å². The summed E-state index contributed by atoms with van der Waals surface area (Å²) in [5.41, 5.74) is -1.76. The minimum atomic E-state index is -2.40. The number of aromatic nitrogens is 1. The maximum Gasteiger partial charge on any atom is 0.509 e. The number of ketones is 1. The van der Waals surface area contributed by atoms with Crippen molar-refractivity contribution in [1.82, 2.24) is 10.3 Å². The summed E-state index contributed by atoms with van der Waals surface area (Å²) >= 11 is 19.0. The van der Waals surface area contributed by atoms with Crippen LogP contribution in [0.4, 0.5) is 9.59 Å². The van der Waals surface area contributed by atoms with Crippen LogP contribution in [0.2, 0.25) is 18.1 Å². The molecular weight excluding hydrogens is 831 g/mol. The maximum atomic E-state index is 15.1. The van der Waals surface area contributed by atoms with Gasteiger partial charge in [-0.2, -0.15) is 0 Å². The fourth-order valence-electron chi connectivity index (χ4n) is 6.65. The largest absolute Gasteiger partial charge is 0.509 e. The number of hydrogen-bond acceptors (Lipinski definition) is 10. The molecule has 324 valence electrons. The number of alkyl carbamates (subject to hydrolysis) is 1. The van der Waals surface area contributed by atoms with Gasteiger partial charge in [0.25, 0.3) is 0 Å². The highest BCUT2D eigenvalue weighted by Crippen LogP contribution is 2.47. The zero-order valence-electron chi connectivity index (χ0n) is 36.0. The zero-order valence-corrected chi connectivity index (χ0v) is 40.1. The van der Waals surface area contributed by atoms with Gasteiger partial charge in [0.05, 0.1) is 35.2 Å². The highest BCUT2D eigenvalue weighted by molar-refractivity contribution is 7.09. The highest BCUT2D eigenvalue weighted by atomic mass is 35.6. The van der Waals surface area contributed by atoms with Crippen LogP contribution in [0.5, 0.6) is 0 Å². The number of allylic oxidation sites excluding steroid dienone is 3. The van der Waals surface area contributed by atoms with E-state index in [2.05, 4.69) is 11.9 Å². The van der Waals surface area contributed by atoms with E-state index in [0.29, 0.717) is 23.5 Å². The Bertz CT molecular complexity index is 1590. The number of ether oxygens (including phenoxy) is 3. The minimum absolute atomic E-state index is 0.296. The fourth-order valence-corrected chi connectivity index (χ4v) is 10.5. The van der Waals surface area contributed by atoms with Gasteiger partial charge in [0.1, 0.15) is 18.0 Å². The Morgan fingerprint density at radius 3 is 2.04 bits per heavy atom. The number of Topliss-reactive ketones (excluding diaryl/α,β-unsaturated/α-hetero) is 1. The predicted molar refractivity (Wildman–Crippen MR) is 233 cm³/mol. The number of carboxylic acids is 1. The van der Waals surface area contributed by atoms with Gasteiger partial charge < -0.3 is 29.1 Å². The molecule has 1 amide bonds. The van der Waals surface area contributed by atoms with E-state index in [-0.39, 0.29) is 11.8 Å². The molecule has 1 aromatic heterocycles. The van der Waals surface area contributed by atoms with E-state index in [1.165, 1.54) is 11.3 Å². The van der Waals surface area contributed by atoms with E-state index in [4.69, 9.17) is 58.4 Å². The van der Waals surface area contributed by atoms with E-state index in [1.807, 2.05) is 59.8 Å².